The van der Waals surface area contributed by atoms with E-state index in [-0.39, 0.29) is 24.8 Å². The quantitative estimate of drug-likeness (QED) is 0.501. The van der Waals surface area contributed by atoms with Crippen molar-refractivity contribution in [1.82, 2.24) is 0 Å². The minimum atomic E-state index is -0.465. The van der Waals surface area contributed by atoms with Crippen molar-refractivity contribution < 1.29 is 48.3 Å². The van der Waals surface area contributed by atoms with Gasteiger partial charge in [0.05, 0.1) is 11.1 Å². The topological polar surface area (TPSA) is 103 Å². The molecular formula is C14H16Cl2N4O3. The molecule has 0 unspecified atom stereocenters. The van der Waals surface area contributed by atoms with Gasteiger partial charge in [0, 0.05) is 24.3 Å². The van der Waals surface area contributed by atoms with Gasteiger partial charge in [-0.05, 0) is 0 Å². The van der Waals surface area contributed by atoms with Gasteiger partial charge in [0.25, 0.3) is 13.5 Å². The van der Waals surface area contributed by atoms with Gasteiger partial charge in [0.2, 0.25) is 11.8 Å². The Balaban J connectivity index is 0.00000242. The molecule has 0 saturated carbocycles. The molecule has 2 aromatic heterocycles. The summed E-state index contributed by atoms with van der Waals surface area (Å²) in [6.07, 6.45) is 6.84. The number of ether oxygens (including phenoxy) is 1. The predicted molar refractivity (Wildman–Crippen MR) is 71.4 cm³/mol. The normalized spacial score (nSPS) is 9.39. The number of amides is 2. The second kappa shape index (κ2) is 9.73. The molecule has 0 spiro atoms. The van der Waals surface area contributed by atoms with Crippen molar-refractivity contribution in [2.24, 2.45) is 11.5 Å². The molecule has 9 heteroatoms. The zero-order chi connectivity index (χ0) is 15.2. The van der Waals surface area contributed by atoms with Crippen LogP contribution in [-0.2, 0) is 18.2 Å². The van der Waals surface area contributed by atoms with Crippen molar-refractivity contribution in [1.29, 1.82) is 0 Å². The van der Waals surface area contributed by atoms with Gasteiger partial charge in [0.1, 0.15) is 0 Å². The number of carbonyl (C=O) groups is 2. The molecule has 0 bridgehead atoms. The molecule has 2 heterocycles. The third kappa shape index (κ3) is 6.19. The Bertz CT molecular complexity index is 591. The standard InChI is InChI=1S/C14H14N4O3.2ClH/c15-13(19)11-1-5-17(6-2-11)9-21-10-18-7-3-12(4-8-18)14(16)20;;/h1-8H,9-10H2,(H2-2,15,16,19,20);2*1H. The van der Waals surface area contributed by atoms with Crippen LogP contribution in [0, 0.1) is 0 Å². The molecule has 2 aromatic rings. The van der Waals surface area contributed by atoms with Crippen molar-refractivity contribution in [2.45, 2.75) is 13.5 Å². The maximum atomic E-state index is 10.9. The lowest BCUT2D eigenvalue weighted by molar-refractivity contribution is -0.788. The first kappa shape index (κ1) is 20.8. The second-order valence-electron chi connectivity index (χ2n) is 4.39. The van der Waals surface area contributed by atoms with E-state index >= 15 is 0 Å². The zero-order valence-corrected chi connectivity index (χ0v) is 13.6. The third-order valence-corrected chi connectivity index (χ3v) is 2.83. The summed E-state index contributed by atoms with van der Waals surface area (Å²) in [4.78, 5) is 21.9. The second-order valence-corrected chi connectivity index (χ2v) is 4.39. The van der Waals surface area contributed by atoms with Crippen LogP contribution in [0.2, 0.25) is 0 Å². The molecule has 0 saturated heterocycles. The van der Waals surface area contributed by atoms with Crippen LogP contribution in [0.4, 0.5) is 0 Å². The van der Waals surface area contributed by atoms with Crippen LogP contribution in [0.25, 0.3) is 0 Å². The van der Waals surface area contributed by atoms with Gasteiger partial charge in [-0.2, -0.15) is 9.13 Å². The van der Waals surface area contributed by atoms with Crippen molar-refractivity contribution in [2.75, 3.05) is 0 Å². The molecule has 0 aliphatic carbocycles. The minimum absolute atomic E-state index is 0. The smallest absolute Gasteiger partial charge is 0.257 e. The van der Waals surface area contributed by atoms with E-state index in [1.807, 2.05) is 0 Å². The number of halogens is 2. The SMILES string of the molecule is NC(=O)c1cc[n+](COC[n+]2ccc(C(N)=O)cc2)cc1.[Cl-].[Cl-]. The van der Waals surface area contributed by atoms with Gasteiger partial charge in [-0.1, -0.05) is 0 Å². The van der Waals surface area contributed by atoms with Gasteiger partial charge in [-0.15, -0.1) is 0 Å². The van der Waals surface area contributed by atoms with Gasteiger partial charge in [-0.3, -0.25) is 14.3 Å². The molecule has 2 amide bonds. The summed E-state index contributed by atoms with van der Waals surface area (Å²) in [6, 6.07) is 6.50. The van der Waals surface area contributed by atoms with Crippen LogP contribution in [-0.4, -0.2) is 11.8 Å². The first-order valence-electron chi connectivity index (χ1n) is 6.22. The first-order chi connectivity index (χ1) is 10.1. The number of rotatable bonds is 6. The Morgan fingerprint density at radius 1 is 0.783 bits per heavy atom. The number of nitrogens with zero attached hydrogens (tertiary/aromatic N) is 2. The van der Waals surface area contributed by atoms with Crippen LogP contribution >= 0.6 is 0 Å². The Hall–Kier alpha value is -2.22. The van der Waals surface area contributed by atoms with E-state index in [0.29, 0.717) is 24.6 Å². The summed E-state index contributed by atoms with van der Waals surface area (Å²) < 4.78 is 9.04. The average molecular weight is 359 g/mol. The maximum absolute atomic E-state index is 10.9. The van der Waals surface area contributed by atoms with E-state index in [1.54, 1.807) is 58.2 Å². The van der Waals surface area contributed by atoms with Crippen LogP contribution in [0.15, 0.2) is 49.1 Å². The Morgan fingerprint density at radius 3 is 1.35 bits per heavy atom. The summed E-state index contributed by atoms with van der Waals surface area (Å²) in [6.45, 7) is 0.646. The monoisotopic (exact) mass is 358 g/mol. The van der Waals surface area contributed by atoms with Crippen molar-refractivity contribution in [3.8, 4) is 0 Å². The highest BCUT2D eigenvalue weighted by molar-refractivity contribution is 5.92. The molecule has 0 fully saturated rings. The first-order valence-corrected chi connectivity index (χ1v) is 6.22. The van der Waals surface area contributed by atoms with Crippen molar-refractivity contribution in [3.63, 3.8) is 0 Å². The fourth-order valence-corrected chi connectivity index (χ4v) is 1.67. The van der Waals surface area contributed by atoms with E-state index in [0.717, 1.165) is 0 Å². The Kier molecular flexibility index (Phi) is 8.79. The molecule has 0 aromatic carbocycles. The summed E-state index contributed by atoms with van der Waals surface area (Å²) in [7, 11) is 0. The van der Waals surface area contributed by atoms with E-state index in [1.165, 1.54) is 0 Å². The highest BCUT2D eigenvalue weighted by Crippen LogP contribution is 1.94. The molecule has 0 aliphatic rings. The minimum Gasteiger partial charge on any atom is -1.00 e. The van der Waals surface area contributed by atoms with Crippen molar-refractivity contribution >= 4 is 11.8 Å². The maximum Gasteiger partial charge on any atom is 0.257 e. The average Bonchev–Trinajstić information content (AvgIpc) is 2.48. The molecule has 124 valence electrons. The lowest BCUT2D eigenvalue weighted by Crippen LogP contribution is -3.00. The number of nitrogens with two attached hydrogens (primary N) is 2. The van der Waals surface area contributed by atoms with Gasteiger partial charge in [0.15, 0.2) is 24.8 Å². The lowest BCUT2D eigenvalue weighted by Gasteiger charge is -1.99. The fourth-order valence-electron chi connectivity index (χ4n) is 1.67. The summed E-state index contributed by atoms with van der Waals surface area (Å²) in [5, 5.41) is 0. The van der Waals surface area contributed by atoms with Crippen LogP contribution in [0.3, 0.4) is 0 Å². The molecule has 0 aliphatic heterocycles. The van der Waals surface area contributed by atoms with Crippen LogP contribution in [0.1, 0.15) is 20.7 Å². The number of carbonyl (C=O) groups excluding carboxylic acids is 2. The summed E-state index contributed by atoms with van der Waals surface area (Å²) in [5.41, 5.74) is 11.2. The highest BCUT2D eigenvalue weighted by atomic mass is 35.5. The summed E-state index contributed by atoms with van der Waals surface area (Å²) in [5.74, 6) is -0.929. The van der Waals surface area contributed by atoms with Crippen LogP contribution < -0.4 is 45.4 Å². The third-order valence-electron chi connectivity index (χ3n) is 2.83. The molecule has 2 rings (SSSR count). The van der Waals surface area contributed by atoms with E-state index in [4.69, 9.17) is 16.2 Å². The Morgan fingerprint density at radius 2 is 1.09 bits per heavy atom. The Labute approximate surface area is 145 Å². The molecule has 0 radical (unpaired) electrons. The summed E-state index contributed by atoms with van der Waals surface area (Å²) >= 11 is 0. The molecular weight excluding hydrogens is 343 g/mol. The zero-order valence-electron chi connectivity index (χ0n) is 12.1. The molecule has 7 nitrogen and oxygen atoms in total. The van der Waals surface area contributed by atoms with E-state index in [2.05, 4.69) is 0 Å². The predicted octanol–water partition coefficient (Wildman–Crippen LogP) is -6.90. The fraction of sp³-hybridized carbons (Fsp3) is 0.143. The van der Waals surface area contributed by atoms with Gasteiger partial charge < -0.3 is 36.3 Å². The number of aromatic nitrogens is 2. The largest absolute Gasteiger partial charge is 1.00 e. The number of hydrogen-bond donors (Lipinski definition) is 2. The number of primary amides is 2. The van der Waals surface area contributed by atoms with Gasteiger partial charge in [-0.25, -0.2) is 0 Å². The number of hydrogen-bond acceptors (Lipinski definition) is 3. The van der Waals surface area contributed by atoms with Crippen molar-refractivity contribution in [3.05, 3.63) is 60.2 Å². The molecule has 4 N–H and O–H groups in total. The van der Waals surface area contributed by atoms with E-state index < -0.39 is 11.8 Å². The molecule has 23 heavy (non-hydrogen) atoms. The van der Waals surface area contributed by atoms with Crippen LogP contribution in [0.5, 0.6) is 0 Å². The lowest BCUT2D eigenvalue weighted by atomic mass is 10.2. The number of pyridine rings is 2. The molecule has 0 atom stereocenters. The van der Waals surface area contributed by atoms with Gasteiger partial charge >= 0.3 is 0 Å². The highest BCUT2D eigenvalue weighted by Gasteiger charge is 2.07. The van der Waals surface area contributed by atoms with E-state index in [9.17, 15) is 9.59 Å².